The van der Waals surface area contributed by atoms with Crippen molar-refractivity contribution in [3.63, 3.8) is 0 Å². The Bertz CT molecular complexity index is 892. The van der Waals surface area contributed by atoms with Crippen LogP contribution in [0.3, 0.4) is 0 Å². The summed E-state index contributed by atoms with van der Waals surface area (Å²) in [6.07, 6.45) is 3.07. The van der Waals surface area contributed by atoms with E-state index in [1.807, 2.05) is 22.6 Å². The van der Waals surface area contributed by atoms with Crippen LogP contribution >= 0.6 is 22.6 Å². The van der Waals surface area contributed by atoms with Crippen molar-refractivity contribution in [2.75, 3.05) is 5.32 Å². The molecule has 2 N–H and O–H groups in total. The molecule has 7 heteroatoms. The molecule has 0 bridgehead atoms. The van der Waals surface area contributed by atoms with E-state index in [0.29, 0.717) is 16.5 Å². The van der Waals surface area contributed by atoms with Gasteiger partial charge in [-0.05, 0) is 47.7 Å². The van der Waals surface area contributed by atoms with Crippen LogP contribution in [0.4, 0.5) is 15.8 Å². The average molecular weight is 412 g/mol. The van der Waals surface area contributed by atoms with Crippen LogP contribution in [0.2, 0.25) is 0 Å². The third kappa shape index (κ3) is 2.52. The van der Waals surface area contributed by atoms with Crippen molar-refractivity contribution < 1.29 is 18.7 Å². The van der Waals surface area contributed by atoms with E-state index >= 15 is 0 Å². The number of carboxylic acids is 1. The van der Waals surface area contributed by atoms with Gasteiger partial charge in [0.1, 0.15) is 17.1 Å². The highest BCUT2D eigenvalue weighted by molar-refractivity contribution is 14.1. The van der Waals surface area contributed by atoms with Gasteiger partial charge in [-0.25, -0.2) is 9.18 Å². The van der Waals surface area contributed by atoms with Crippen molar-refractivity contribution in [1.29, 1.82) is 0 Å². The Morgan fingerprint density at radius 2 is 2.18 bits per heavy atom. The fourth-order valence-corrected chi connectivity index (χ4v) is 2.60. The molecular weight excluding hydrogens is 402 g/mol. The molecule has 0 spiro atoms. The number of furan rings is 1. The summed E-state index contributed by atoms with van der Waals surface area (Å²) in [4.78, 5) is 15.4. The molecule has 0 aliphatic carbocycles. The summed E-state index contributed by atoms with van der Waals surface area (Å²) in [5, 5.41) is 12.6. The third-order valence-electron chi connectivity index (χ3n) is 3.16. The Balaban J connectivity index is 2.18. The van der Waals surface area contributed by atoms with E-state index in [2.05, 4.69) is 10.3 Å². The van der Waals surface area contributed by atoms with Crippen molar-refractivity contribution in [2.45, 2.75) is 6.92 Å². The highest BCUT2D eigenvalue weighted by Crippen LogP contribution is 2.35. The van der Waals surface area contributed by atoms with E-state index in [4.69, 9.17) is 4.42 Å². The highest BCUT2D eigenvalue weighted by atomic mass is 127. The molecule has 0 aliphatic rings. The second-order valence-electron chi connectivity index (χ2n) is 4.69. The molecular formula is C15H10FIN2O3. The Morgan fingerprint density at radius 3 is 2.86 bits per heavy atom. The van der Waals surface area contributed by atoms with Crippen molar-refractivity contribution in [1.82, 2.24) is 4.98 Å². The predicted molar refractivity (Wildman–Crippen MR) is 88.1 cm³/mol. The van der Waals surface area contributed by atoms with Crippen molar-refractivity contribution >= 4 is 50.9 Å². The van der Waals surface area contributed by atoms with Crippen LogP contribution in [-0.2, 0) is 0 Å². The van der Waals surface area contributed by atoms with Gasteiger partial charge in [-0.2, -0.15) is 0 Å². The molecule has 22 heavy (non-hydrogen) atoms. The lowest BCUT2D eigenvalue weighted by Gasteiger charge is -2.07. The van der Waals surface area contributed by atoms with Crippen LogP contribution in [0.25, 0.3) is 11.0 Å². The third-order valence-corrected chi connectivity index (χ3v) is 3.83. The fourth-order valence-electron chi connectivity index (χ4n) is 2.14. The maximum atomic E-state index is 14.0. The van der Waals surface area contributed by atoms with Gasteiger partial charge in [0.15, 0.2) is 0 Å². The summed E-state index contributed by atoms with van der Waals surface area (Å²) in [6, 6.07) is 4.62. The molecule has 0 fully saturated rings. The SMILES string of the molecule is Cc1cncc2c(Nc3ccc(I)cc3F)c(C(=O)O)oc12. The van der Waals surface area contributed by atoms with E-state index < -0.39 is 11.8 Å². The molecule has 0 unspecified atom stereocenters. The number of benzene rings is 1. The topological polar surface area (TPSA) is 75.4 Å². The summed E-state index contributed by atoms with van der Waals surface area (Å²) >= 11 is 2.00. The number of carbonyl (C=O) groups is 1. The fraction of sp³-hybridized carbons (Fsp3) is 0.0667. The second-order valence-corrected chi connectivity index (χ2v) is 5.94. The molecule has 0 aliphatic heterocycles. The van der Waals surface area contributed by atoms with Gasteiger partial charge in [-0.15, -0.1) is 0 Å². The van der Waals surface area contributed by atoms with Crippen molar-refractivity contribution in [3.05, 3.63) is 51.3 Å². The maximum Gasteiger partial charge on any atom is 0.374 e. The first kappa shape index (κ1) is 14.8. The number of aromatic carboxylic acids is 1. The van der Waals surface area contributed by atoms with Crippen LogP contribution in [0.5, 0.6) is 0 Å². The van der Waals surface area contributed by atoms with E-state index in [9.17, 15) is 14.3 Å². The van der Waals surface area contributed by atoms with Crippen LogP contribution in [0.1, 0.15) is 16.1 Å². The predicted octanol–water partition coefficient (Wildman–Crippen LogP) is 4.32. The molecule has 3 rings (SSSR count). The van der Waals surface area contributed by atoms with Crippen molar-refractivity contribution in [2.24, 2.45) is 0 Å². The zero-order chi connectivity index (χ0) is 15.9. The lowest BCUT2D eigenvalue weighted by molar-refractivity contribution is 0.0666. The Morgan fingerprint density at radius 1 is 1.41 bits per heavy atom. The van der Waals surface area contributed by atoms with Crippen LogP contribution < -0.4 is 5.32 Å². The second kappa shape index (κ2) is 5.56. The lowest BCUT2D eigenvalue weighted by Crippen LogP contribution is -2.01. The van der Waals surface area contributed by atoms with Gasteiger partial charge in [0.05, 0.1) is 11.1 Å². The Labute approximate surface area is 138 Å². The number of aryl methyl sites for hydroxylation is 1. The number of hydrogen-bond donors (Lipinski definition) is 2. The molecule has 0 amide bonds. The first-order valence-corrected chi connectivity index (χ1v) is 7.37. The Kier molecular flexibility index (Phi) is 3.73. The molecule has 112 valence electrons. The number of halogens is 2. The number of fused-ring (bicyclic) bond motifs is 1. The maximum absolute atomic E-state index is 14.0. The van der Waals surface area contributed by atoms with E-state index in [0.717, 1.165) is 3.57 Å². The summed E-state index contributed by atoms with van der Waals surface area (Å²) in [5.74, 6) is -1.98. The number of rotatable bonds is 3. The minimum absolute atomic E-state index is 0.173. The van der Waals surface area contributed by atoms with Crippen LogP contribution in [-0.4, -0.2) is 16.1 Å². The number of carboxylic acid groups (broad SMARTS) is 1. The van der Waals surface area contributed by atoms with Gasteiger partial charge in [-0.1, -0.05) is 0 Å². The van der Waals surface area contributed by atoms with Crippen LogP contribution in [0, 0.1) is 16.3 Å². The average Bonchev–Trinajstić information content (AvgIpc) is 2.82. The molecule has 2 aromatic heterocycles. The standard InChI is InChI=1S/C15H10FIN2O3/c1-7-5-18-6-9-12(14(15(20)21)22-13(7)9)19-11-3-2-8(17)4-10(11)16/h2-6,19H,1H3,(H,20,21). The van der Waals surface area contributed by atoms with E-state index in [1.54, 1.807) is 25.3 Å². The molecule has 0 saturated heterocycles. The summed E-state index contributed by atoms with van der Waals surface area (Å²) < 4.78 is 20.1. The molecule has 1 aromatic carbocycles. The molecule has 0 atom stereocenters. The number of pyridine rings is 1. The zero-order valence-electron chi connectivity index (χ0n) is 11.4. The Hall–Kier alpha value is -2.16. The largest absolute Gasteiger partial charge is 0.475 e. The van der Waals surface area contributed by atoms with Crippen molar-refractivity contribution in [3.8, 4) is 0 Å². The first-order valence-electron chi connectivity index (χ1n) is 6.30. The minimum Gasteiger partial charge on any atom is -0.475 e. The summed E-state index contributed by atoms with van der Waals surface area (Å²) in [6.45, 7) is 1.76. The molecule has 2 heterocycles. The van der Waals surface area contributed by atoms with Gasteiger partial charge in [0, 0.05) is 21.5 Å². The molecule has 5 nitrogen and oxygen atoms in total. The van der Waals surface area contributed by atoms with E-state index in [-0.39, 0.29) is 17.1 Å². The first-order chi connectivity index (χ1) is 10.5. The smallest absolute Gasteiger partial charge is 0.374 e. The van der Waals surface area contributed by atoms with Gasteiger partial charge < -0.3 is 14.8 Å². The van der Waals surface area contributed by atoms with Crippen LogP contribution in [0.15, 0.2) is 35.0 Å². The number of anilines is 2. The molecule has 3 aromatic rings. The highest BCUT2D eigenvalue weighted by Gasteiger charge is 2.22. The number of hydrogen-bond acceptors (Lipinski definition) is 4. The lowest BCUT2D eigenvalue weighted by atomic mass is 10.2. The normalized spacial score (nSPS) is 10.9. The number of aromatic nitrogens is 1. The number of nitrogens with one attached hydrogen (secondary N) is 1. The number of nitrogens with zero attached hydrogens (tertiary/aromatic N) is 1. The summed E-state index contributed by atoms with van der Waals surface area (Å²) in [7, 11) is 0. The van der Waals surface area contributed by atoms with Gasteiger partial charge in [-0.3, -0.25) is 4.98 Å². The monoisotopic (exact) mass is 412 g/mol. The molecule has 0 saturated carbocycles. The van der Waals surface area contributed by atoms with Gasteiger partial charge >= 0.3 is 5.97 Å². The summed E-state index contributed by atoms with van der Waals surface area (Å²) in [5.41, 5.74) is 1.49. The van der Waals surface area contributed by atoms with Gasteiger partial charge in [0.2, 0.25) is 5.76 Å². The minimum atomic E-state index is -1.23. The van der Waals surface area contributed by atoms with Gasteiger partial charge in [0.25, 0.3) is 0 Å². The molecule has 0 radical (unpaired) electrons. The zero-order valence-corrected chi connectivity index (χ0v) is 13.5. The quantitative estimate of drug-likeness (QED) is 0.627. The van der Waals surface area contributed by atoms with E-state index in [1.165, 1.54) is 12.3 Å².